The zero-order chi connectivity index (χ0) is 14.1. The molecule has 19 heavy (non-hydrogen) atoms. The first-order valence-electron chi connectivity index (χ1n) is 7.01. The highest BCUT2D eigenvalue weighted by atomic mass is 32.2. The van der Waals surface area contributed by atoms with Crippen LogP contribution in [0, 0.1) is 0 Å². The number of sulfonamides is 1. The molecule has 1 unspecified atom stereocenters. The van der Waals surface area contributed by atoms with E-state index in [0.717, 1.165) is 32.6 Å². The smallest absolute Gasteiger partial charge is 0.211 e. The molecule has 0 spiro atoms. The van der Waals surface area contributed by atoms with Crippen LogP contribution < -0.4 is 10.0 Å². The third kappa shape index (κ3) is 7.84. The second-order valence-electron chi connectivity index (χ2n) is 5.03. The highest BCUT2D eigenvalue weighted by Crippen LogP contribution is 2.02. The van der Waals surface area contributed by atoms with E-state index in [0.29, 0.717) is 19.6 Å². The molecular formula is C12H27N3O3S. The Labute approximate surface area is 116 Å². The average Bonchev–Trinajstić information content (AvgIpc) is 2.36. The second kappa shape index (κ2) is 8.86. The number of rotatable bonds is 9. The van der Waals surface area contributed by atoms with Gasteiger partial charge in [0, 0.05) is 19.6 Å². The Morgan fingerprint density at radius 1 is 1.37 bits per heavy atom. The van der Waals surface area contributed by atoms with Crippen molar-refractivity contribution in [2.24, 2.45) is 0 Å². The average molecular weight is 293 g/mol. The van der Waals surface area contributed by atoms with Crippen LogP contribution in [0.5, 0.6) is 0 Å². The molecule has 1 fully saturated rings. The van der Waals surface area contributed by atoms with Gasteiger partial charge in [0.2, 0.25) is 10.0 Å². The number of nitrogens with one attached hydrogen (secondary N) is 2. The number of hydrogen-bond donors (Lipinski definition) is 2. The summed E-state index contributed by atoms with van der Waals surface area (Å²) < 4.78 is 31.7. The highest BCUT2D eigenvalue weighted by Gasteiger charge is 2.19. The summed E-state index contributed by atoms with van der Waals surface area (Å²) in [5.41, 5.74) is 0. The molecule has 1 saturated heterocycles. The maximum atomic E-state index is 11.8. The van der Waals surface area contributed by atoms with Crippen molar-refractivity contribution in [3.05, 3.63) is 0 Å². The molecule has 0 aromatic heterocycles. The van der Waals surface area contributed by atoms with Gasteiger partial charge in [0.15, 0.2) is 0 Å². The van der Waals surface area contributed by atoms with Gasteiger partial charge >= 0.3 is 0 Å². The molecule has 1 aliphatic rings. The first-order valence-corrected chi connectivity index (χ1v) is 8.67. The van der Waals surface area contributed by atoms with Crippen molar-refractivity contribution in [3.63, 3.8) is 0 Å². The molecule has 1 atom stereocenters. The Morgan fingerprint density at radius 2 is 2.16 bits per heavy atom. The Morgan fingerprint density at radius 3 is 2.84 bits per heavy atom. The van der Waals surface area contributed by atoms with E-state index in [1.54, 1.807) is 0 Å². The van der Waals surface area contributed by atoms with E-state index < -0.39 is 10.0 Å². The predicted molar refractivity (Wildman–Crippen MR) is 76.8 cm³/mol. The first kappa shape index (κ1) is 16.8. The fourth-order valence-electron chi connectivity index (χ4n) is 1.97. The topological polar surface area (TPSA) is 70.7 Å². The normalized spacial score (nSPS) is 21.7. The van der Waals surface area contributed by atoms with Crippen LogP contribution in [0.3, 0.4) is 0 Å². The van der Waals surface area contributed by atoms with Crippen molar-refractivity contribution < 1.29 is 13.2 Å². The van der Waals surface area contributed by atoms with Crippen molar-refractivity contribution in [1.82, 2.24) is 14.9 Å². The molecule has 1 aliphatic heterocycles. The van der Waals surface area contributed by atoms with Gasteiger partial charge in [0.05, 0.1) is 18.5 Å². The van der Waals surface area contributed by atoms with E-state index in [-0.39, 0.29) is 11.9 Å². The van der Waals surface area contributed by atoms with E-state index in [1.165, 1.54) is 0 Å². The molecule has 0 radical (unpaired) electrons. The number of likely N-dealkylation sites (N-methyl/N-ethyl adjacent to an activating group) is 1. The Kier molecular flexibility index (Phi) is 7.86. The molecule has 2 N–H and O–H groups in total. The van der Waals surface area contributed by atoms with Gasteiger partial charge < -0.3 is 15.0 Å². The fourth-order valence-corrected chi connectivity index (χ4v) is 3.08. The first-order chi connectivity index (χ1) is 9.03. The van der Waals surface area contributed by atoms with E-state index in [4.69, 9.17) is 4.74 Å². The third-order valence-electron chi connectivity index (χ3n) is 3.07. The monoisotopic (exact) mass is 293 g/mol. The van der Waals surface area contributed by atoms with Crippen LogP contribution in [-0.2, 0) is 14.8 Å². The van der Waals surface area contributed by atoms with Crippen LogP contribution in [0.25, 0.3) is 0 Å². The van der Waals surface area contributed by atoms with E-state index in [9.17, 15) is 8.42 Å². The summed E-state index contributed by atoms with van der Waals surface area (Å²) in [6.45, 7) is 6.51. The molecule has 0 aliphatic carbocycles. The van der Waals surface area contributed by atoms with Crippen molar-refractivity contribution in [1.29, 1.82) is 0 Å². The maximum Gasteiger partial charge on any atom is 0.211 e. The number of morpholine rings is 1. The van der Waals surface area contributed by atoms with Crippen molar-refractivity contribution in [2.75, 3.05) is 52.1 Å². The SMILES string of the molecule is CCCNCCCS(=O)(=O)NCC1CN(C)CCO1. The van der Waals surface area contributed by atoms with Gasteiger partial charge in [0.25, 0.3) is 0 Å². The number of hydrogen-bond acceptors (Lipinski definition) is 5. The van der Waals surface area contributed by atoms with Crippen LogP contribution >= 0.6 is 0 Å². The molecule has 6 nitrogen and oxygen atoms in total. The Balaban J connectivity index is 2.15. The zero-order valence-electron chi connectivity index (χ0n) is 12.0. The third-order valence-corrected chi connectivity index (χ3v) is 4.50. The van der Waals surface area contributed by atoms with Crippen LogP contribution in [0.1, 0.15) is 19.8 Å². The van der Waals surface area contributed by atoms with Crippen molar-refractivity contribution >= 4 is 10.0 Å². The molecule has 0 aromatic carbocycles. The molecule has 7 heteroatoms. The molecule has 0 amide bonds. The number of ether oxygens (including phenoxy) is 1. The standard InChI is InChI=1S/C12H27N3O3S/c1-3-5-13-6-4-9-19(16,17)14-10-12-11-15(2)7-8-18-12/h12-14H,3-11H2,1-2H3. The molecule has 0 saturated carbocycles. The van der Waals surface area contributed by atoms with Gasteiger partial charge in [-0.05, 0) is 33.0 Å². The fraction of sp³-hybridized carbons (Fsp3) is 1.00. The summed E-state index contributed by atoms with van der Waals surface area (Å²) >= 11 is 0. The van der Waals surface area contributed by atoms with Crippen LogP contribution in [0.15, 0.2) is 0 Å². The molecule has 1 rings (SSSR count). The number of nitrogens with zero attached hydrogens (tertiary/aromatic N) is 1. The van der Waals surface area contributed by atoms with Gasteiger partial charge in [-0.25, -0.2) is 13.1 Å². The maximum absolute atomic E-state index is 11.8. The largest absolute Gasteiger partial charge is 0.374 e. The van der Waals surface area contributed by atoms with Crippen LogP contribution in [0.4, 0.5) is 0 Å². The van der Waals surface area contributed by atoms with Crippen molar-refractivity contribution in [2.45, 2.75) is 25.9 Å². The summed E-state index contributed by atoms with van der Waals surface area (Å²) in [6.07, 6.45) is 1.67. The van der Waals surface area contributed by atoms with Gasteiger partial charge in [-0.15, -0.1) is 0 Å². The van der Waals surface area contributed by atoms with Crippen molar-refractivity contribution in [3.8, 4) is 0 Å². The highest BCUT2D eigenvalue weighted by molar-refractivity contribution is 7.89. The summed E-state index contributed by atoms with van der Waals surface area (Å²) in [5.74, 6) is 0.173. The van der Waals surface area contributed by atoms with Gasteiger partial charge in [0.1, 0.15) is 0 Å². The van der Waals surface area contributed by atoms with Gasteiger partial charge in [-0.1, -0.05) is 6.92 Å². The van der Waals surface area contributed by atoms with E-state index in [1.807, 2.05) is 7.05 Å². The van der Waals surface area contributed by atoms with Gasteiger partial charge in [-0.2, -0.15) is 0 Å². The minimum absolute atomic E-state index is 0.0354. The van der Waals surface area contributed by atoms with E-state index >= 15 is 0 Å². The molecular weight excluding hydrogens is 266 g/mol. The summed E-state index contributed by atoms with van der Waals surface area (Å²) in [6, 6.07) is 0. The minimum Gasteiger partial charge on any atom is -0.374 e. The lowest BCUT2D eigenvalue weighted by Crippen LogP contribution is -2.46. The Bertz CT molecular complexity index is 335. The lowest BCUT2D eigenvalue weighted by Gasteiger charge is -2.30. The molecule has 0 aromatic rings. The molecule has 114 valence electrons. The molecule has 0 bridgehead atoms. The zero-order valence-corrected chi connectivity index (χ0v) is 12.8. The van der Waals surface area contributed by atoms with Crippen LogP contribution in [-0.4, -0.2) is 71.6 Å². The lowest BCUT2D eigenvalue weighted by molar-refractivity contribution is -0.0156. The minimum atomic E-state index is -3.17. The lowest BCUT2D eigenvalue weighted by atomic mass is 10.3. The Hall–Kier alpha value is -0.210. The quantitative estimate of drug-likeness (QED) is 0.568. The summed E-state index contributed by atoms with van der Waals surface area (Å²) in [7, 11) is -1.16. The molecule has 1 heterocycles. The second-order valence-corrected chi connectivity index (χ2v) is 6.95. The summed E-state index contributed by atoms with van der Waals surface area (Å²) in [4.78, 5) is 2.15. The van der Waals surface area contributed by atoms with Crippen LogP contribution in [0.2, 0.25) is 0 Å². The predicted octanol–water partition coefficient (Wildman–Crippen LogP) is -0.374. The van der Waals surface area contributed by atoms with E-state index in [2.05, 4.69) is 21.9 Å². The van der Waals surface area contributed by atoms with Gasteiger partial charge in [-0.3, -0.25) is 0 Å². The summed E-state index contributed by atoms with van der Waals surface area (Å²) in [5, 5.41) is 3.20.